The minimum absolute atomic E-state index is 0.370. The molecular weight excluding hydrogens is 256 g/mol. The van der Waals surface area contributed by atoms with Crippen LogP contribution in [0, 0.1) is 0 Å². The van der Waals surface area contributed by atoms with Crippen LogP contribution in [0.5, 0.6) is 0 Å². The smallest absolute Gasteiger partial charge is 0.147 e. The van der Waals surface area contributed by atoms with E-state index in [-0.39, 0.29) is 0 Å². The third-order valence-electron chi connectivity index (χ3n) is 2.71. The zero-order chi connectivity index (χ0) is 14.7. The molecule has 0 aromatic carbocycles. The molecule has 0 rings (SSSR count). The Balaban J connectivity index is 3.01. The number of hydrogen-bond donors (Lipinski definition) is 0. The second-order valence-electron chi connectivity index (χ2n) is 4.68. The monoisotopic (exact) mass is 288 g/mol. The van der Waals surface area contributed by atoms with Crippen LogP contribution in [0.15, 0.2) is 12.2 Å². The van der Waals surface area contributed by atoms with Crippen molar-refractivity contribution in [1.29, 1.82) is 0 Å². The average molecular weight is 288 g/mol. The Hall–Kier alpha value is -0.420. The topological polar surface area (TPSA) is 36.9 Å². The van der Waals surface area contributed by atoms with Crippen LogP contribution in [0.1, 0.15) is 52.4 Å². The Morgan fingerprint density at radius 2 is 1.05 bits per heavy atom. The molecule has 0 bridgehead atoms. The molecule has 4 heteroatoms. The molecule has 0 spiro atoms. The quantitative estimate of drug-likeness (QED) is 0.245. The van der Waals surface area contributed by atoms with Crippen LogP contribution < -0.4 is 0 Å². The van der Waals surface area contributed by atoms with Gasteiger partial charge in [-0.25, -0.2) is 0 Å². The largest absolute Gasteiger partial charge is 0.355 e. The van der Waals surface area contributed by atoms with E-state index in [4.69, 9.17) is 18.9 Å². The van der Waals surface area contributed by atoms with E-state index in [9.17, 15) is 0 Å². The first-order valence-electron chi connectivity index (χ1n) is 7.87. The lowest BCUT2D eigenvalue weighted by Crippen LogP contribution is -2.03. The molecule has 0 saturated carbocycles. The Labute approximate surface area is 124 Å². The van der Waals surface area contributed by atoms with Gasteiger partial charge in [0.25, 0.3) is 0 Å². The van der Waals surface area contributed by atoms with Gasteiger partial charge in [-0.05, 0) is 12.8 Å². The minimum Gasteiger partial charge on any atom is -0.355 e. The van der Waals surface area contributed by atoms with Gasteiger partial charge in [0, 0.05) is 13.2 Å². The molecule has 0 aliphatic carbocycles. The molecule has 0 aromatic rings. The maximum Gasteiger partial charge on any atom is 0.147 e. The van der Waals surface area contributed by atoms with E-state index < -0.39 is 0 Å². The van der Waals surface area contributed by atoms with Crippen molar-refractivity contribution in [1.82, 2.24) is 0 Å². The second kappa shape index (κ2) is 18.6. The lowest BCUT2D eigenvalue weighted by atomic mass is 10.3. The normalized spacial score (nSPS) is 11.5. The van der Waals surface area contributed by atoms with Crippen molar-refractivity contribution in [2.75, 3.05) is 40.0 Å². The van der Waals surface area contributed by atoms with Gasteiger partial charge >= 0.3 is 0 Å². The molecule has 0 amide bonds. The maximum absolute atomic E-state index is 5.32. The van der Waals surface area contributed by atoms with E-state index in [0.717, 1.165) is 26.1 Å². The molecule has 0 aliphatic heterocycles. The first kappa shape index (κ1) is 19.6. The van der Waals surface area contributed by atoms with Crippen molar-refractivity contribution in [3.05, 3.63) is 12.2 Å². The molecule has 0 unspecified atom stereocenters. The van der Waals surface area contributed by atoms with Crippen molar-refractivity contribution >= 4 is 0 Å². The SMILES string of the molecule is CCCCCOCOCC=CCOCOCCCCC. The summed E-state index contributed by atoms with van der Waals surface area (Å²) < 4.78 is 21.2. The first-order chi connectivity index (χ1) is 9.91. The van der Waals surface area contributed by atoms with Crippen LogP contribution in [-0.4, -0.2) is 40.0 Å². The summed E-state index contributed by atoms with van der Waals surface area (Å²) in [6.07, 6.45) is 11.0. The van der Waals surface area contributed by atoms with Crippen LogP contribution in [0.25, 0.3) is 0 Å². The minimum atomic E-state index is 0.370. The van der Waals surface area contributed by atoms with Crippen molar-refractivity contribution in [3.63, 3.8) is 0 Å². The van der Waals surface area contributed by atoms with E-state index >= 15 is 0 Å². The van der Waals surface area contributed by atoms with E-state index in [1.54, 1.807) is 0 Å². The summed E-state index contributed by atoms with van der Waals surface area (Å²) in [4.78, 5) is 0. The Bertz CT molecular complexity index is 175. The van der Waals surface area contributed by atoms with Crippen molar-refractivity contribution in [2.24, 2.45) is 0 Å². The van der Waals surface area contributed by atoms with Gasteiger partial charge in [0.2, 0.25) is 0 Å². The molecule has 0 saturated heterocycles. The molecule has 20 heavy (non-hydrogen) atoms. The van der Waals surface area contributed by atoms with Gasteiger partial charge in [0.1, 0.15) is 13.6 Å². The lowest BCUT2D eigenvalue weighted by Gasteiger charge is -2.04. The van der Waals surface area contributed by atoms with Gasteiger partial charge in [-0.2, -0.15) is 0 Å². The molecule has 0 radical (unpaired) electrons. The third-order valence-corrected chi connectivity index (χ3v) is 2.71. The third kappa shape index (κ3) is 17.6. The molecule has 0 heterocycles. The molecule has 0 aliphatic rings. The molecule has 120 valence electrons. The maximum atomic E-state index is 5.32. The summed E-state index contributed by atoms with van der Waals surface area (Å²) in [5.74, 6) is 0. The van der Waals surface area contributed by atoms with Crippen LogP contribution in [-0.2, 0) is 18.9 Å². The highest BCUT2D eigenvalue weighted by Crippen LogP contribution is 1.95. The predicted molar refractivity (Wildman–Crippen MR) is 81.7 cm³/mol. The predicted octanol–water partition coefficient (Wildman–Crippen LogP) is 3.90. The Morgan fingerprint density at radius 1 is 0.600 bits per heavy atom. The van der Waals surface area contributed by atoms with E-state index in [1.807, 2.05) is 12.2 Å². The number of rotatable bonds is 16. The molecule has 0 aromatic heterocycles. The standard InChI is InChI=1S/C16H32O4/c1-3-5-7-11-17-15-19-13-9-10-14-20-16-18-12-8-6-4-2/h9-10H,3-8,11-16H2,1-2H3. The Kier molecular flexibility index (Phi) is 18.2. The summed E-state index contributed by atoms with van der Waals surface area (Å²) in [5.41, 5.74) is 0. The highest BCUT2D eigenvalue weighted by atomic mass is 16.7. The highest BCUT2D eigenvalue weighted by molar-refractivity contribution is 4.80. The van der Waals surface area contributed by atoms with Gasteiger partial charge in [0.05, 0.1) is 13.2 Å². The summed E-state index contributed by atoms with van der Waals surface area (Å²) in [6, 6.07) is 0. The van der Waals surface area contributed by atoms with Crippen LogP contribution in [0.4, 0.5) is 0 Å². The van der Waals surface area contributed by atoms with Gasteiger partial charge in [-0.3, -0.25) is 0 Å². The molecular formula is C16H32O4. The molecule has 4 nitrogen and oxygen atoms in total. The van der Waals surface area contributed by atoms with E-state index in [1.165, 1.54) is 25.7 Å². The fourth-order valence-electron chi connectivity index (χ4n) is 1.51. The number of ether oxygens (including phenoxy) is 4. The Morgan fingerprint density at radius 3 is 1.45 bits per heavy atom. The summed E-state index contributed by atoms with van der Waals surface area (Å²) in [5, 5.41) is 0. The number of unbranched alkanes of at least 4 members (excludes halogenated alkanes) is 4. The van der Waals surface area contributed by atoms with Crippen LogP contribution in [0.2, 0.25) is 0 Å². The highest BCUT2D eigenvalue weighted by Gasteiger charge is 1.89. The zero-order valence-electron chi connectivity index (χ0n) is 13.3. The average Bonchev–Trinajstić information content (AvgIpc) is 2.47. The van der Waals surface area contributed by atoms with Crippen LogP contribution >= 0.6 is 0 Å². The molecule has 0 atom stereocenters. The summed E-state index contributed by atoms with van der Waals surface area (Å²) in [7, 11) is 0. The second-order valence-corrected chi connectivity index (χ2v) is 4.68. The fraction of sp³-hybridized carbons (Fsp3) is 0.875. The first-order valence-corrected chi connectivity index (χ1v) is 7.87. The van der Waals surface area contributed by atoms with E-state index in [0.29, 0.717) is 26.8 Å². The van der Waals surface area contributed by atoms with Crippen molar-refractivity contribution < 1.29 is 18.9 Å². The zero-order valence-corrected chi connectivity index (χ0v) is 13.3. The van der Waals surface area contributed by atoms with Gasteiger partial charge < -0.3 is 18.9 Å². The molecule has 0 N–H and O–H groups in total. The summed E-state index contributed by atoms with van der Waals surface area (Å²) in [6.45, 7) is 7.80. The fourth-order valence-corrected chi connectivity index (χ4v) is 1.51. The number of hydrogen-bond acceptors (Lipinski definition) is 4. The van der Waals surface area contributed by atoms with Crippen LogP contribution in [0.3, 0.4) is 0 Å². The van der Waals surface area contributed by atoms with Gasteiger partial charge in [-0.15, -0.1) is 0 Å². The van der Waals surface area contributed by atoms with Crippen molar-refractivity contribution in [3.8, 4) is 0 Å². The lowest BCUT2D eigenvalue weighted by molar-refractivity contribution is -0.0480. The van der Waals surface area contributed by atoms with Crippen molar-refractivity contribution in [2.45, 2.75) is 52.4 Å². The molecule has 0 fully saturated rings. The summed E-state index contributed by atoms with van der Waals surface area (Å²) >= 11 is 0. The van der Waals surface area contributed by atoms with Gasteiger partial charge in [-0.1, -0.05) is 51.7 Å². The van der Waals surface area contributed by atoms with E-state index in [2.05, 4.69) is 13.8 Å². The van der Waals surface area contributed by atoms with Gasteiger partial charge in [0.15, 0.2) is 0 Å².